The second kappa shape index (κ2) is 6.39. The number of benzene rings is 1. The monoisotopic (exact) mass is 189 g/mol. The minimum Gasteiger partial charge on any atom is -0.310 e. The largest absolute Gasteiger partial charge is 0.310 e. The highest BCUT2D eigenvalue weighted by atomic mass is 14.9. The van der Waals surface area contributed by atoms with Gasteiger partial charge < -0.3 is 5.32 Å². The zero-order chi connectivity index (χ0) is 10.2. The summed E-state index contributed by atoms with van der Waals surface area (Å²) in [7, 11) is 0. The van der Waals surface area contributed by atoms with E-state index in [9.17, 15) is 0 Å². The van der Waals surface area contributed by atoms with Crippen LogP contribution in [0, 0.1) is 0 Å². The minimum absolute atomic E-state index is 0.445. The molecule has 1 rings (SSSR count). The fraction of sp³-hybridized carbons (Fsp3) is 0.385. The van der Waals surface area contributed by atoms with E-state index in [1.807, 2.05) is 12.1 Å². The van der Waals surface area contributed by atoms with Crippen molar-refractivity contribution in [2.75, 3.05) is 6.54 Å². The van der Waals surface area contributed by atoms with E-state index in [1.165, 1.54) is 12.0 Å². The van der Waals surface area contributed by atoms with Gasteiger partial charge in [-0.1, -0.05) is 36.4 Å². The summed E-state index contributed by atoms with van der Waals surface area (Å²) in [6, 6.07) is 11.0. The van der Waals surface area contributed by atoms with Crippen molar-refractivity contribution in [3.05, 3.63) is 48.6 Å². The van der Waals surface area contributed by atoms with Crippen molar-refractivity contribution in [1.82, 2.24) is 5.32 Å². The van der Waals surface area contributed by atoms with Gasteiger partial charge in [0.25, 0.3) is 0 Å². The standard InChI is InChI=1S/C13H19N/c1-3-4-8-11-14-12(2)13-9-6-5-7-10-13/h3,5-7,9-10,12,14H,1,4,8,11H2,2H3/t12-/m0/s1. The molecule has 0 fully saturated rings. The first kappa shape index (κ1) is 11.0. The van der Waals surface area contributed by atoms with E-state index in [0.29, 0.717) is 6.04 Å². The van der Waals surface area contributed by atoms with Crippen LogP contribution < -0.4 is 5.32 Å². The molecular weight excluding hydrogens is 170 g/mol. The van der Waals surface area contributed by atoms with Crippen LogP contribution >= 0.6 is 0 Å². The van der Waals surface area contributed by atoms with Crippen molar-refractivity contribution in [3.8, 4) is 0 Å². The zero-order valence-electron chi connectivity index (χ0n) is 8.87. The van der Waals surface area contributed by atoms with Crippen molar-refractivity contribution in [1.29, 1.82) is 0 Å². The lowest BCUT2D eigenvalue weighted by Gasteiger charge is -2.13. The molecule has 0 aliphatic heterocycles. The summed E-state index contributed by atoms with van der Waals surface area (Å²) >= 11 is 0. The van der Waals surface area contributed by atoms with E-state index < -0.39 is 0 Å². The van der Waals surface area contributed by atoms with Gasteiger partial charge in [0, 0.05) is 6.04 Å². The maximum Gasteiger partial charge on any atom is 0.0291 e. The van der Waals surface area contributed by atoms with Crippen molar-refractivity contribution < 1.29 is 0 Å². The molecule has 1 atom stereocenters. The molecule has 0 unspecified atom stereocenters. The van der Waals surface area contributed by atoms with Gasteiger partial charge in [-0.05, 0) is 31.9 Å². The Morgan fingerprint density at radius 1 is 1.36 bits per heavy atom. The Hall–Kier alpha value is -1.08. The molecule has 1 nitrogen and oxygen atoms in total. The Bertz CT molecular complexity index is 253. The van der Waals surface area contributed by atoms with Gasteiger partial charge in [0.2, 0.25) is 0 Å². The molecule has 0 saturated heterocycles. The lowest BCUT2D eigenvalue weighted by Crippen LogP contribution is -2.19. The Balaban J connectivity index is 2.28. The summed E-state index contributed by atoms with van der Waals surface area (Å²) < 4.78 is 0. The molecule has 0 spiro atoms. The number of hydrogen-bond donors (Lipinski definition) is 1. The van der Waals surface area contributed by atoms with Gasteiger partial charge in [0.05, 0.1) is 0 Å². The van der Waals surface area contributed by atoms with Crippen LogP contribution in [0.15, 0.2) is 43.0 Å². The van der Waals surface area contributed by atoms with E-state index >= 15 is 0 Å². The van der Waals surface area contributed by atoms with Gasteiger partial charge in [-0.3, -0.25) is 0 Å². The molecule has 1 aromatic carbocycles. The van der Waals surface area contributed by atoms with Gasteiger partial charge in [-0.15, -0.1) is 6.58 Å². The molecule has 0 heterocycles. The average Bonchev–Trinajstić information content (AvgIpc) is 2.25. The third kappa shape index (κ3) is 3.75. The lowest BCUT2D eigenvalue weighted by atomic mass is 10.1. The maximum atomic E-state index is 3.71. The van der Waals surface area contributed by atoms with E-state index in [0.717, 1.165) is 13.0 Å². The van der Waals surface area contributed by atoms with Crippen LogP contribution in [-0.2, 0) is 0 Å². The van der Waals surface area contributed by atoms with Crippen LogP contribution in [0.3, 0.4) is 0 Å². The first-order valence-corrected chi connectivity index (χ1v) is 5.24. The molecule has 0 aromatic heterocycles. The fourth-order valence-corrected chi connectivity index (χ4v) is 1.42. The number of nitrogens with one attached hydrogen (secondary N) is 1. The molecule has 1 heteroatoms. The first-order chi connectivity index (χ1) is 6.84. The highest BCUT2D eigenvalue weighted by molar-refractivity contribution is 5.17. The van der Waals surface area contributed by atoms with Gasteiger partial charge in [-0.2, -0.15) is 0 Å². The third-order valence-electron chi connectivity index (χ3n) is 2.34. The molecule has 0 aliphatic rings. The van der Waals surface area contributed by atoms with E-state index in [1.54, 1.807) is 0 Å². The molecular formula is C13H19N. The molecule has 1 aromatic rings. The van der Waals surface area contributed by atoms with Crippen LogP contribution in [0.5, 0.6) is 0 Å². The summed E-state index contributed by atoms with van der Waals surface area (Å²) in [5.41, 5.74) is 1.35. The lowest BCUT2D eigenvalue weighted by molar-refractivity contribution is 0.561. The number of rotatable bonds is 6. The normalized spacial score (nSPS) is 12.4. The summed E-state index contributed by atoms with van der Waals surface area (Å²) in [4.78, 5) is 0. The quantitative estimate of drug-likeness (QED) is 0.535. The molecule has 0 bridgehead atoms. The van der Waals surface area contributed by atoms with Gasteiger partial charge in [0.1, 0.15) is 0 Å². The topological polar surface area (TPSA) is 12.0 Å². The molecule has 0 aliphatic carbocycles. The molecule has 0 radical (unpaired) electrons. The van der Waals surface area contributed by atoms with E-state index in [4.69, 9.17) is 0 Å². The van der Waals surface area contributed by atoms with E-state index in [2.05, 4.69) is 43.1 Å². The second-order valence-electron chi connectivity index (χ2n) is 3.52. The average molecular weight is 189 g/mol. The molecule has 76 valence electrons. The number of unbranched alkanes of at least 4 members (excludes halogenated alkanes) is 1. The van der Waals surface area contributed by atoms with Gasteiger partial charge in [-0.25, -0.2) is 0 Å². The Kier molecular flexibility index (Phi) is 5.02. The predicted molar refractivity (Wildman–Crippen MR) is 62.3 cm³/mol. The minimum atomic E-state index is 0.445. The van der Waals surface area contributed by atoms with Gasteiger partial charge in [0.15, 0.2) is 0 Å². The van der Waals surface area contributed by atoms with Crippen LogP contribution in [0.25, 0.3) is 0 Å². The van der Waals surface area contributed by atoms with E-state index in [-0.39, 0.29) is 0 Å². The van der Waals surface area contributed by atoms with Crippen molar-refractivity contribution in [2.24, 2.45) is 0 Å². The van der Waals surface area contributed by atoms with Crippen LogP contribution in [-0.4, -0.2) is 6.54 Å². The third-order valence-corrected chi connectivity index (χ3v) is 2.34. The Labute approximate surface area is 86.8 Å². The Morgan fingerprint density at radius 3 is 2.71 bits per heavy atom. The number of hydrogen-bond acceptors (Lipinski definition) is 1. The highest BCUT2D eigenvalue weighted by Crippen LogP contribution is 2.10. The molecule has 0 saturated carbocycles. The smallest absolute Gasteiger partial charge is 0.0291 e. The zero-order valence-corrected chi connectivity index (χ0v) is 8.87. The number of allylic oxidation sites excluding steroid dienone is 1. The van der Waals surface area contributed by atoms with Crippen LogP contribution in [0.2, 0.25) is 0 Å². The van der Waals surface area contributed by atoms with Crippen LogP contribution in [0.1, 0.15) is 31.4 Å². The highest BCUT2D eigenvalue weighted by Gasteiger charge is 2.01. The maximum absolute atomic E-state index is 3.71. The fourth-order valence-electron chi connectivity index (χ4n) is 1.42. The molecule has 14 heavy (non-hydrogen) atoms. The Morgan fingerprint density at radius 2 is 2.07 bits per heavy atom. The summed E-state index contributed by atoms with van der Waals surface area (Å²) in [5.74, 6) is 0. The summed E-state index contributed by atoms with van der Waals surface area (Å²) in [6.45, 7) is 6.96. The first-order valence-electron chi connectivity index (χ1n) is 5.24. The van der Waals surface area contributed by atoms with Crippen molar-refractivity contribution >= 4 is 0 Å². The predicted octanol–water partition coefficient (Wildman–Crippen LogP) is 3.30. The van der Waals surface area contributed by atoms with Crippen molar-refractivity contribution in [3.63, 3.8) is 0 Å². The van der Waals surface area contributed by atoms with Crippen LogP contribution in [0.4, 0.5) is 0 Å². The molecule has 1 N–H and O–H groups in total. The van der Waals surface area contributed by atoms with Gasteiger partial charge >= 0.3 is 0 Å². The second-order valence-corrected chi connectivity index (χ2v) is 3.52. The van der Waals surface area contributed by atoms with Crippen molar-refractivity contribution in [2.45, 2.75) is 25.8 Å². The summed E-state index contributed by atoms with van der Waals surface area (Å²) in [6.07, 6.45) is 4.23. The SMILES string of the molecule is C=CCCCN[C@@H](C)c1ccccc1. The molecule has 0 amide bonds. The summed E-state index contributed by atoms with van der Waals surface area (Å²) in [5, 5.41) is 3.49.